The Bertz CT molecular complexity index is 1540. The third-order valence-corrected chi connectivity index (χ3v) is 9.39. The average Bonchev–Trinajstić information content (AvgIpc) is 2.93. The Morgan fingerprint density at radius 1 is 1.02 bits per heavy atom. The van der Waals surface area contributed by atoms with E-state index < -0.39 is 64.7 Å². The molecule has 0 aromatic heterocycles. The summed E-state index contributed by atoms with van der Waals surface area (Å²) in [7, 11) is 6.82. The molecule has 3 aliphatic rings. The number of nitrogens with zero attached hydrogens (tertiary/aromatic N) is 2. The number of aliphatic hydroxyl groups is 2. The number of ketones is 3. The van der Waals surface area contributed by atoms with Crippen LogP contribution in [0.1, 0.15) is 27.9 Å². The number of nitrogens with one attached hydrogen (secondary N) is 1. The summed E-state index contributed by atoms with van der Waals surface area (Å²) >= 11 is 0. The highest BCUT2D eigenvalue weighted by Crippen LogP contribution is 2.52. The van der Waals surface area contributed by atoms with Gasteiger partial charge in [0.15, 0.2) is 23.0 Å². The molecular formula is C32H38N4O8. The Morgan fingerprint density at radius 2 is 1.68 bits per heavy atom. The van der Waals surface area contributed by atoms with Gasteiger partial charge in [-0.25, -0.2) is 0 Å². The Morgan fingerprint density at radius 3 is 2.27 bits per heavy atom. The number of fused-ring (bicyclic) bond motifs is 3. The molecule has 0 saturated heterocycles. The lowest BCUT2D eigenvalue weighted by Gasteiger charge is -2.54. The second kappa shape index (κ2) is 11.5. The molecule has 234 valence electrons. The van der Waals surface area contributed by atoms with Gasteiger partial charge < -0.3 is 36.2 Å². The fourth-order valence-corrected chi connectivity index (χ4v) is 7.44. The quantitative estimate of drug-likeness (QED) is 0.257. The molecule has 6 N–H and O–H groups in total. The summed E-state index contributed by atoms with van der Waals surface area (Å²) in [5.74, 6) is -9.50. The Kier molecular flexibility index (Phi) is 8.23. The zero-order valence-corrected chi connectivity index (χ0v) is 25.1. The summed E-state index contributed by atoms with van der Waals surface area (Å²) < 4.78 is 0. The molecule has 0 bridgehead atoms. The number of amides is 2. The molecular weight excluding hydrogens is 568 g/mol. The maximum absolute atomic E-state index is 14.0. The maximum atomic E-state index is 14.0. The van der Waals surface area contributed by atoms with E-state index in [-0.39, 0.29) is 36.6 Å². The number of nitrogens with two attached hydrogens (primary N) is 1. The van der Waals surface area contributed by atoms with Crippen molar-refractivity contribution in [1.82, 2.24) is 15.1 Å². The number of hydrogen-bond donors (Lipinski definition) is 5. The number of aliphatic hydroxyl groups excluding tert-OH is 1. The lowest BCUT2D eigenvalue weighted by molar-refractivity contribution is -0.190. The first-order valence-electron chi connectivity index (χ1n) is 14.5. The summed E-state index contributed by atoms with van der Waals surface area (Å²) in [5.41, 5.74) is 5.53. The molecule has 2 fully saturated rings. The number of rotatable bonds is 7. The third kappa shape index (κ3) is 5.01. The molecule has 2 aromatic rings. The van der Waals surface area contributed by atoms with Crippen LogP contribution in [0.4, 0.5) is 0 Å². The minimum Gasteiger partial charge on any atom is -0.507 e. The van der Waals surface area contributed by atoms with Crippen LogP contribution in [0, 0.1) is 23.7 Å². The summed E-state index contributed by atoms with van der Waals surface area (Å²) in [6.45, 7) is 0.603. The second-order valence-electron chi connectivity index (χ2n) is 12.7. The molecule has 0 aliphatic heterocycles. The van der Waals surface area contributed by atoms with Crippen LogP contribution < -0.4 is 11.1 Å². The normalized spacial score (nSPS) is 29.7. The van der Waals surface area contributed by atoms with Gasteiger partial charge in [0.05, 0.1) is 24.1 Å². The van der Waals surface area contributed by atoms with Crippen LogP contribution in [0.15, 0.2) is 36.4 Å². The van der Waals surface area contributed by atoms with Crippen molar-refractivity contribution in [2.45, 2.75) is 37.1 Å². The molecule has 44 heavy (non-hydrogen) atoms. The van der Waals surface area contributed by atoms with Gasteiger partial charge in [0.2, 0.25) is 11.8 Å². The van der Waals surface area contributed by atoms with Gasteiger partial charge in [-0.1, -0.05) is 30.3 Å². The summed E-state index contributed by atoms with van der Waals surface area (Å²) in [6.07, 6.45) is -1.32. The van der Waals surface area contributed by atoms with Crippen molar-refractivity contribution in [2.75, 3.05) is 34.7 Å². The van der Waals surface area contributed by atoms with Gasteiger partial charge in [0.25, 0.3) is 0 Å². The molecule has 2 aromatic carbocycles. The smallest absolute Gasteiger partial charge is 0.234 e. The van der Waals surface area contributed by atoms with E-state index in [9.17, 15) is 39.3 Å². The number of carbonyl (C=O) groups is 5. The van der Waals surface area contributed by atoms with E-state index in [0.29, 0.717) is 17.7 Å². The standard InChI is InChI=1S/C32H38N4O8/c1-35(2)14-22(38)34-13-15-5-7-16(8-6-15)18-9-10-21(37)24-19(18)11-17-12-20-26(36(3)4)28(40)25(31(33)43)30(42)32(20,44)29(41)23(17)27(24)39/h5-10,17,20,23,25-26,28,37,40,44H,11-14H2,1-4H3,(H2,33,43)(H,34,38)/t17-,20-,23?,25?,26-,28?,32-/m1/s1. The van der Waals surface area contributed by atoms with Gasteiger partial charge >= 0.3 is 0 Å². The first kappa shape index (κ1) is 31.5. The van der Waals surface area contributed by atoms with Gasteiger partial charge in [0, 0.05) is 18.5 Å². The first-order chi connectivity index (χ1) is 20.7. The van der Waals surface area contributed by atoms with E-state index in [0.717, 1.165) is 11.1 Å². The molecule has 2 saturated carbocycles. The van der Waals surface area contributed by atoms with E-state index in [2.05, 4.69) is 5.32 Å². The number of hydrogen-bond acceptors (Lipinski definition) is 10. The van der Waals surface area contributed by atoms with Crippen molar-refractivity contribution in [3.05, 3.63) is 53.1 Å². The number of phenols is 1. The monoisotopic (exact) mass is 606 g/mol. The summed E-state index contributed by atoms with van der Waals surface area (Å²) in [4.78, 5) is 69.0. The highest BCUT2D eigenvalue weighted by molar-refractivity contribution is 6.25. The van der Waals surface area contributed by atoms with Gasteiger partial charge in [-0.3, -0.25) is 24.0 Å². The number of benzene rings is 2. The van der Waals surface area contributed by atoms with E-state index in [1.54, 1.807) is 44.1 Å². The average molecular weight is 607 g/mol. The molecule has 3 unspecified atom stereocenters. The number of likely N-dealkylation sites (N-methyl/N-ethyl adjacent to an activating group) is 2. The van der Waals surface area contributed by atoms with Crippen LogP contribution in [0.25, 0.3) is 11.1 Å². The van der Waals surface area contributed by atoms with Gasteiger partial charge in [-0.05, 0) is 75.3 Å². The van der Waals surface area contributed by atoms with Crippen LogP contribution in [-0.2, 0) is 32.1 Å². The van der Waals surface area contributed by atoms with Crippen LogP contribution >= 0.6 is 0 Å². The first-order valence-corrected chi connectivity index (χ1v) is 14.5. The van der Waals surface area contributed by atoms with Gasteiger partial charge in [-0.15, -0.1) is 0 Å². The predicted molar refractivity (Wildman–Crippen MR) is 158 cm³/mol. The number of carbonyl (C=O) groups excluding carboxylic acids is 5. The summed E-state index contributed by atoms with van der Waals surface area (Å²) in [6, 6.07) is 9.52. The van der Waals surface area contributed by atoms with E-state index in [1.807, 2.05) is 24.3 Å². The largest absolute Gasteiger partial charge is 0.507 e. The predicted octanol–water partition coefficient (Wildman–Crippen LogP) is -0.496. The van der Waals surface area contributed by atoms with E-state index in [1.165, 1.54) is 6.07 Å². The van der Waals surface area contributed by atoms with Crippen LogP contribution in [0.3, 0.4) is 0 Å². The van der Waals surface area contributed by atoms with Crippen molar-refractivity contribution < 1.29 is 39.3 Å². The number of Topliss-reactive ketones (excluding diaryl/α,β-unsaturated/α-hetero) is 3. The zero-order valence-electron chi connectivity index (χ0n) is 25.1. The Labute approximate surface area is 254 Å². The van der Waals surface area contributed by atoms with Crippen molar-refractivity contribution in [2.24, 2.45) is 29.4 Å². The molecule has 12 heteroatoms. The van der Waals surface area contributed by atoms with Crippen molar-refractivity contribution in [3.63, 3.8) is 0 Å². The molecule has 0 heterocycles. The Balaban J connectivity index is 1.50. The maximum Gasteiger partial charge on any atom is 0.234 e. The molecule has 2 amide bonds. The highest BCUT2D eigenvalue weighted by atomic mass is 16.3. The third-order valence-electron chi connectivity index (χ3n) is 9.39. The van der Waals surface area contributed by atoms with Crippen LogP contribution in [-0.4, -0.2) is 107 Å². The van der Waals surface area contributed by atoms with E-state index >= 15 is 0 Å². The van der Waals surface area contributed by atoms with Gasteiger partial charge in [-0.2, -0.15) is 0 Å². The van der Waals surface area contributed by atoms with Crippen molar-refractivity contribution >= 4 is 29.2 Å². The van der Waals surface area contributed by atoms with Crippen LogP contribution in [0.5, 0.6) is 5.75 Å². The minimum absolute atomic E-state index is 0.0376. The molecule has 3 aliphatic carbocycles. The minimum atomic E-state index is -2.70. The molecule has 12 nitrogen and oxygen atoms in total. The lowest BCUT2D eigenvalue weighted by atomic mass is 9.52. The van der Waals surface area contributed by atoms with Gasteiger partial charge in [0.1, 0.15) is 11.7 Å². The zero-order chi connectivity index (χ0) is 32.2. The van der Waals surface area contributed by atoms with E-state index in [4.69, 9.17) is 5.73 Å². The SMILES string of the molecule is CN(C)CC(=O)NCc1ccc(-c2ccc(O)c3c2C[C@@H]2C[C@@H]4[C@@H](N(C)C)C(O)C(C(N)=O)C(=O)[C@]4(O)C(=O)C2C3=O)cc1. The summed E-state index contributed by atoms with van der Waals surface area (Å²) in [5, 5.41) is 36.5. The lowest BCUT2D eigenvalue weighted by Crippen LogP contribution is -2.75. The number of phenolic OH excluding ortho intramolecular Hbond substituents is 1. The second-order valence-corrected chi connectivity index (χ2v) is 12.7. The molecule has 5 rings (SSSR count). The topological polar surface area (TPSA) is 191 Å². The Hall–Kier alpha value is -3.97. The number of primary amides is 1. The number of aromatic hydroxyl groups is 1. The molecule has 0 spiro atoms. The van der Waals surface area contributed by atoms with Crippen molar-refractivity contribution in [1.29, 1.82) is 0 Å². The highest BCUT2D eigenvalue weighted by Gasteiger charge is 2.69. The van der Waals surface area contributed by atoms with Crippen LogP contribution in [0.2, 0.25) is 0 Å². The fraction of sp³-hybridized carbons (Fsp3) is 0.469. The molecule has 0 radical (unpaired) electrons. The molecule has 7 atom stereocenters. The van der Waals surface area contributed by atoms with Crippen molar-refractivity contribution in [3.8, 4) is 16.9 Å². The fourth-order valence-electron chi connectivity index (χ4n) is 7.44.